The lowest BCUT2D eigenvalue weighted by Gasteiger charge is -2.31. The third kappa shape index (κ3) is 7.30. The molecule has 6 aromatic rings. The van der Waals surface area contributed by atoms with E-state index >= 15 is 0 Å². The monoisotopic (exact) mass is 738 g/mol. The van der Waals surface area contributed by atoms with E-state index in [1.165, 1.54) is 10.1 Å². The van der Waals surface area contributed by atoms with E-state index in [4.69, 9.17) is 0 Å². The number of aromatic hydroxyl groups is 1. The Morgan fingerprint density at radius 1 is 0.982 bits per heavy atom. The van der Waals surface area contributed by atoms with Crippen molar-refractivity contribution in [3.05, 3.63) is 94.3 Å². The number of anilines is 1. The number of imidazole rings is 1. The molecule has 4 aromatic heterocycles. The van der Waals surface area contributed by atoms with E-state index in [2.05, 4.69) is 52.1 Å². The van der Waals surface area contributed by atoms with Gasteiger partial charge in [-0.15, -0.1) is 10.2 Å². The van der Waals surface area contributed by atoms with E-state index in [0.29, 0.717) is 41.6 Å². The highest BCUT2D eigenvalue weighted by molar-refractivity contribution is 6.00. The Bertz CT molecular complexity index is 2520. The molecule has 3 N–H and O–H groups in total. The van der Waals surface area contributed by atoms with Gasteiger partial charge in [0.05, 0.1) is 28.8 Å². The highest BCUT2D eigenvalue weighted by Crippen LogP contribution is 2.36. The van der Waals surface area contributed by atoms with Crippen molar-refractivity contribution in [2.24, 2.45) is 7.05 Å². The summed E-state index contributed by atoms with van der Waals surface area (Å²) >= 11 is 0. The summed E-state index contributed by atoms with van der Waals surface area (Å²) < 4.78 is 3.08. The minimum absolute atomic E-state index is 0.184. The molecule has 2 fully saturated rings. The van der Waals surface area contributed by atoms with Crippen molar-refractivity contribution in [2.75, 3.05) is 38.1 Å². The van der Waals surface area contributed by atoms with Gasteiger partial charge in [-0.2, -0.15) is 0 Å². The van der Waals surface area contributed by atoms with Crippen LogP contribution >= 0.6 is 0 Å². The van der Waals surface area contributed by atoms with Crippen molar-refractivity contribution < 1.29 is 14.7 Å². The van der Waals surface area contributed by atoms with E-state index in [1.807, 2.05) is 49.6 Å². The highest BCUT2D eigenvalue weighted by atomic mass is 16.3. The van der Waals surface area contributed by atoms with Crippen LogP contribution in [0.4, 0.5) is 5.95 Å². The fraction of sp³-hybridized carbons (Fsp3) is 0.341. The molecular formula is C41H42N10O4. The topological polar surface area (TPSA) is 167 Å². The van der Waals surface area contributed by atoms with Crippen molar-refractivity contribution in [3.8, 4) is 28.8 Å². The lowest BCUT2D eigenvalue weighted by atomic mass is 9.89. The molecule has 2 aliphatic rings. The number of carbonyl (C=O) groups is 2. The van der Waals surface area contributed by atoms with E-state index in [9.17, 15) is 19.5 Å². The van der Waals surface area contributed by atoms with Gasteiger partial charge in [0.2, 0.25) is 17.8 Å². The molecule has 1 unspecified atom stereocenters. The number of nitrogens with zero attached hydrogens (tertiary/aromatic N) is 8. The molecule has 2 saturated heterocycles. The van der Waals surface area contributed by atoms with Gasteiger partial charge in [-0.05, 0) is 93.1 Å². The zero-order valence-corrected chi connectivity index (χ0v) is 30.8. The largest absolute Gasteiger partial charge is 0.507 e. The summed E-state index contributed by atoms with van der Waals surface area (Å²) in [5.74, 6) is 6.95. The van der Waals surface area contributed by atoms with Gasteiger partial charge in [0.1, 0.15) is 11.8 Å². The van der Waals surface area contributed by atoms with Crippen LogP contribution in [-0.4, -0.2) is 89.3 Å². The second kappa shape index (κ2) is 15.2. The Morgan fingerprint density at radius 2 is 1.78 bits per heavy atom. The number of amides is 2. The van der Waals surface area contributed by atoms with Crippen LogP contribution in [0.3, 0.4) is 0 Å². The summed E-state index contributed by atoms with van der Waals surface area (Å²) in [6.45, 7) is 3.11. The summed E-state index contributed by atoms with van der Waals surface area (Å²) in [4.78, 5) is 54.1. The van der Waals surface area contributed by atoms with Crippen molar-refractivity contribution in [2.45, 2.75) is 50.5 Å². The number of H-pyrrole nitrogens is 1. The minimum atomic E-state index is -0.690. The Kier molecular flexibility index (Phi) is 9.86. The first-order chi connectivity index (χ1) is 26.7. The van der Waals surface area contributed by atoms with Gasteiger partial charge >= 0.3 is 5.69 Å². The van der Waals surface area contributed by atoms with Crippen LogP contribution in [0.15, 0.2) is 71.9 Å². The van der Waals surface area contributed by atoms with Gasteiger partial charge in [0.15, 0.2) is 5.65 Å². The number of imide groups is 1. The predicted molar refractivity (Wildman–Crippen MR) is 209 cm³/mol. The molecule has 0 radical (unpaired) electrons. The van der Waals surface area contributed by atoms with E-state index < -0.39 is 11.9 Å². The van der Waals surface area contributed by atoms with Crippen molar-refractivity contribution >= 4 is 39.8 Å². The molecule has 6 heterocycles. The number of benzene rings is 2. The Hall–Kier alpha value is -6.33. The molecule has 14 nitrogen and oxygen atoms in total. The SMILES string of the molecule is CN(CC#Cc1cnc(N2CCC(c3c[nH]c4nnc(-c5ccccc5O)cc34)CC2)nc1)CCCc1ccc2c(c1)n(C)c(=O)n2C1CCC(=O)NC1=O. The zero-order chi connectivity index (χ0) is 38.1. The number of hydrogen-bond acceptors (Lipinski definition) is 10. The molecular weight excluding hydrogens is 697 g/mol. The fourth-order valence-corrected chi connectivity index (χ4v) is 7.74. The predicted octanol–water partition coefficient (Wildman–Crippen LogP) is 4.05. The number of rotatable bonds is 9. The van der Waals surface area contributed by atoms with Gasteiger partial charge in [0.25, 0.3) is 0 Å². The van der Waals surface area contributed by atoms with E-state index in [1.54, 1.807) is 36.1 Å². The zero-order valence-electron chi connectivity index (χ0n) is 30.8. The molecule has 0 saturated carbocycles. The lowest BCUT2D eigenvalue weighted by molar-refractivity contribution is -0.135. The number of nitrogens with one attached hydrogen (secondary N) is 2. The first kappa shape index (κ1) is 35.7. The highest BCUT2D eigenvalue weighted by Gasteiger charge is 2.31. The Labute approximate surface area is 317 Å². The summed E-state index contributed by atoms with van der Waals surface area (Å²) in [6, 6.07) is 14.4. The Morgan fingerprint density at radius 3 is 2.56 bits per heavy atom. The average molecular weight is 739 g/mol. The second-order valence-corrected chi connectivity index (χ2v) is 14.4. The van der Waals surface area contributed by atoms with Gasteiger partial charge in [-0.25, -0.2) is 14.8 Å². The number of aromatic amines is 1. The van der Waals surface area contributed by atoms with Crippen molar-refractivity contribution in [1.82, 2.24) is 44.5 Å². The van der Waals surface area contributed by atoms with Crippen LogP contribution in [0.5, 0.6) is 5.75 Å². The molecule has 55 heavy (non-hydrogen) atoms. The average Bonchev–Trinajstić information content (AvgIpc) is 3.73. The standard InChI is InChI=1S/C41H42N10O4/c1-48(17-5-7-26-11-12-33-35(21-26)49(2)41(55)51(33)34-13-14-37(53)45-39(34)54)18-6-8-27-23-43-40(44-24-27)50-19-15-28(16-20-50)31-25-42-38-30(31)22-32(46-47-38)29-9-3-4-10-36(29)52/h3-4,9-12,21-25,28,34,52H,5,7,13-20H2,1-2H3,(H,42,47)(H,45,53,54). The van der Waals surface area contributed by atoms with E-state index in [-0.39, 0.29) is 23.8 Å². The normalized spacial score (nSPS) is 16.5. The number of aryl methyl sites for hydroxylation is 2. The van der Waals surface area contributed by atoms with E-state index in [0.717, 1.165) is 73.0 Å². The molecule has 2 amide bonds. The molecule has 2 aromatic carbocycles. The van der Waals surface area contributed by atoms with Crippen molar-refractivity contribution in [3.63, 3.8) is 0 Å². The minimum Gasteiger partial charge on any atom is -0.507 e. The number of phenols is 1. The molecule has 14 heteroatoms. The number of hydrogen-bond donors (Lipinski definition) is 3. The lowest BCUT2D eigenvalue weighted by Crippen LogP contribution is -2.44. The number of aromatic nitrogens is 7. The van der Waals surface area contributed by atoms with Crippen molar-refractivity contribution in [1.29, 1.82) is 0 Å². The smallest absolute Gasteiger partial charge is 0.329 e. The maximum Gasteiger partial charge on any atom is 0.329 e. The number of para-hydroxylation sites is 1. The molecule has 0 spiro atoms. The number of piperidine rings is 2. The van der Waals surface area contributed by atoms with Gasteiger partial charge < -0.3 is 15.0 Å². The first-order valence-electron chi connectivity index (χ1n) is 18.6. The maximum atomic E-state index is 13.1. The molecule has 0 aliphatic carbocycles. The van der Waals surface area contributed by atoms with Crippen LogP contribution in [0, 0.1) is 11.8 Å². The summed E-state index contributed by atoms with van der Waals surface area (Å²) in [5, 5.41) is 22.4. The van der Waals surface area contributed by atoms with Crippen LogP contribution in [-0.2, 0) is 23.1 Å². The second-order valence-electron chi connectivity index (χ2n) is 14.4. The quantitative estimate of drug-likeness (QED) is 0.146. The van der Waals surface area contributed by atoms with Gasteiger partial charge in [-0.1, -0.05) is 30.0 Å². The van der Waals surface area contributed by atoms with Crippen LogP contribution in [0.1, 0.15) is 60.8 Å². The number of carbonyl (C=O) groups excluding carboxylic acids is 2. The fourth-order valence-electron chi connectivity index (χ4n) is 7.74. The molecule has 280 valence electrons. The third-order valence-corrected chi connectivity index (χ3v) is 10.8. The Balaban J connectivity index is 0.816. The molecule has 1 atom stereocenters. The number of fused-ring (bicyclic) bond motifs is 2. The summed E-state index contributed by atoms with van der Waals surface area (Å²) in [5.41, 5.74) is 6.35. The van der Waals surface area contributed by atoms with Gasteiger partial charge in [-0.3, -0.25) is 28.9 Å². The van der Waals surface area contributed by atoms with Gasteiger partial charge in [0, 0.05) is 56.1 Å². The summed E-state index contributed by atoms with van der Waals surface area (Å²) in [7, 11) is 3.76. The third-order valence-electron chi connectivity index (χ3n) is 10.8. The van der Waals surface area contributed by atoms with Crippen LogP contribution in [0.25, 0.3) is 33.3 Å². The van der Waals surface area contributed by atoms with Crippen LogP contribution < -0.4 is 15.9 Å². The molecule has 8 rings (SSSR count). The van der Waals surface area contributed by atoms with Crippen LogP contribution in [0.2, 0.25) is 0 Å². The molecule has 0 bridgehead atoms. The summed E-state index contributed by atoms with van der Waals surface area (Å²) in [6.07, 6.45) is 9.78. The number of phenolic OH excluding ortho intramolecular Hbond substituents is 1. The first-order valence-corrected chi connectivity index (χ1v) is 18.6. The molecule has 2 aliphatic heterocycles. The maximum absolute atomic E-state index is 13.1.